The third-order valence-corrected chi connectivity index (χ3v) is 5.77. The number of nitrogens with one attached hydrogen (secondary N) is 2. The van der Waals surface area contributed by atoms with Gasteiger partial charge >= 0.3 is 6.03 Å². The Morgan fingerprint density at radius 2 is 1.62 bits per heavy atom. The molecule has 0 spiro atoms. The van der Waals surface area contributed by atoms with Crippen molar-refractivity contribution in [2.24, 2.45) is 0 Å². The molecule has 0 bridgehead atoms. The van der Waals surface area contributed by atoms with Gasteiger partial charge in [0.25, 0.3) is 0 Å². The highest BCUT2D eigenvalue weighted by molar-refractivity contribution is 7.97. The summed E-state index contributed by atoms with van der Waals surface area (Å²) >= 11 is 1.44. The minimum absolute atomic E-state index is 0.106. The van der Waals surface area contributed by atoms with Crippen molar-refractivity contribution >= 4 is 23.7 Å². The Morgan fingerprint density at radius 1 is 0.958 bits per heavy atom. The Hall–Kier alpha value is -1.94. The van der Waals surface area contributed by atoms with E-state index >= 15 is 0 Å². The number of urea groups is 1. The van der Waals surface area contributed by atoms with Crippen LogP contribution in [0, 0.1) is 0 Å². The normalized spacial score (nSPS) is 15.0. The molecule has 0 aromatic heterocycles. The highest BCUT2D eigenvalue weighted by Gasteiger charge is 2.24. The van der Waals surface area contributed by atoms with Crippen molar-refractivity contribution in [2.45, 2.75) is 44.3 Å². The zero-order chi connectivity index (χ0) is 16.4. The second-order valence-electron chi connectivity index (χ2n) is 6.56. The molecule has 2 amide bonds. The Balaban J connectivity index is 1.43. The van der Waals surface area contributed by atoms with Crippen molar-refractivity contribution in [3.63, 3.8) is 0 Å². The lowest BCUT2D eigenvalue weighted by atomic mass is 9.99. The molecular formula is C20H22N2OS. The average Bonchev–Trinajstić information content (AvgIpc) is 3.24. The van der Waals surface area contributed by atoms with Gasteiger partial charge in [-0.15, -0.1) is 0 Å². The number of rotatable bonds is 4. The number of anilines is 1. The summed E-state index contributed by atoms with van der Waals surface area (Å²) in [5.41, 5.74) is 7.96. The van der Waals surface area contributed by atoms with Gasteiger partial charge in [-0.25, -0.2) is 4.79 Å². The van der Waals surface area contributed by atoms with Crippen LogP contribution in [0.15, 0.2) is 36.4 Å². The molecule has 0 saturated carbocycles. The molecule has 0 atom stereocenters. The predicted molar refractivity (Wildman–Crippen MR) is 100 cm³/mol. The number of hydrogen-bond acceptors (Lipinski definition) is 2. The number of benzene rings is 2. The number of aryl methyl sites for hydroxylation is 2. The minimum atomic E-state index is -0.106. The summed E-state index contributed by atoms with van der Waals surface area (Å²) in [6.45, 7) is 0. The van der Waals surface area contributed by atoms with Gasteiger partial charge in [-0.2, -0.15) is 0 Å². The fraction of sp³-hybridized carbons (Fsp3) is 0.350. The summed E-state index contributed by atoms with van der Waals surface area (Å²) in [4.78, 5) is 12.4. The molecule has 2 N–H and O–H groups in total. The Labute approximate surface area is 147 Å². The van der Waals surface area contributed by atoms with Crippen molar-refractivity contribution in [1.29, 1.82) is 0 Å². The van der Waals surface area contributed by atoms with Crippen LogP contribution >= 0.6 is 11.9 Å². The second-order valence-corrected chi connectivity index (χ2v) is 7.35. The van der Waals surface area contributed by atoms with Gasteiger partial charge in [-0.1, -0.05) is 36.4 Å². The van der Waals surface area contributed by atoms with Crippen molar-refractivity contribution < 1.29 is 4.79 Å². The molecule has 2 aliphatic rings. The molecule has 24 heavy (non-hydrogen) atoms. The highest BCUT2D eigenvalue weighted by Crippen LogP contribution is 2.38. The summed E-state index contributed by atoms with van der Waals surface area (Å²) in [6, 6.07) is 12.5. The minimum Gasteiger partial charge on any atom is -0.307 e. The SMILES string of the molecule is O=C(NSCc1ccccc1)Nc1c2c(cc3c1CCC3)CCC2. The first-order chi connectivity index (χ1) is 11.8. The van der Waals surface area contributed by atoms with Gasteiger partial charge < -0.3 is 5.32 Å². The third-order valence-electron chi connectivity index (χ3n) is 4.96. The Morgan fingerprint density at radius 3 is 2.29 bits per heavy atom. The molecular weight excluding hydrogens is 316 g/mol. The first-order valence-electron chi connectivity index (χ1n) is 8.70. The van der Waals surface area contributed by atoms with Gasteiger partial charge in [-0.05, 0) is 78.3 Å². The van der Waals surface area contributed by atoms with Crippen LogP contribution in [0.4, 0.5) is 10.5 Å². The van der Waals surface area contributed by atoms with E-state index in [-0.39, 0.29) is 6.03 Å². The topological polar surface area (TPSA) is 41.1 Å². The lowest BCUT2D eigenvalue weighted by Gasteiger charge is -2.16. The molecule has 0 aliphatic heterocycles. The first kappa shape index (κ1) is 15.6. The van der Waals surface area contributed by atoms with E-state index in [1.165, 1.54) is 52.6 Å². The van der Waals surface area contributed by atoms with Gasteiger partial charge in [0.05, 0.1) is 0 Å². The van der Waals surface area contributed by atoms with Crippen molar-refractivity contribution in [3.8, 4) is 0 Å². The van der Waals surface area contributed by atoms with Gasteiger partial charge in [0, 0.05) is 11.4 Å². The third kappa shape index (κ3) is 3.16. The Bertz CT molecular complexity index is 726. The molecule has 124 valence electrons. The molecule has 2 aliphatic carbocycles. The second kappa shape index (κ2) is 6.89. The number of hydrogen-bond donors (Lipinski definition) is 2. The molecule has 3 nitrogen and oxygen atoms in total. The summed E-state index contributed by atoms with van der Waals surface area (Å²) < 4.78 is 2.93. The average molecular weight is 338 g/mol. The zero-order valence-corrected chi connectivity index (χ0v) is 14.5. The zero-order valence-electron chi connectivity index (χ0n) is 13.7. The van der Waals surface area contributed by atoms with Gasteiger partial charge in [0.1, 0.15) is 0 Å². The van der Waals surface area contributed by atoms with Crippen LogP contribution in [0.1, 0.15) is 40.7 Å². The largest absolute Gasteiger partial charge is 0.329 e. The molecule has 0 fully saturated rings. The molecule has 0 radical (unpaired) electrons. The van der Waals surface area contributed by atoms with Gasteiger partial charge in [-0.3, -0.25) is 4.72 Å². The van der Waals surface area contributed by atoms with E-state index in [1.54, 1.807) is 0 Å². The fourth-order valence-corrected chi connectivity index (χ4v) is 4.48. The smallest absolute Gasteiger partial charge is 0.307 e. The molecule has 0 heterocycles. The quantitative estimate of drug-likeness (QED) is 0.798. The lowest BCUT2D eigenvalue weighted by molar-refractivity contribution is 0.257. The maximum atomic E-state index is 12.4. The number of fused-ring (bicyclic) bond motifs is 2. The maximum absolute atomic E-state index is 12.4. The fourth-order valence-electron chi connectivity index (χ4n) is 3.87. The lowest BCUT2D eigenvalue weighted by Crippen LogP contribution is -2.24. The summed E-state index contributed by atoms with van der Waals surface area (Å²) in [5.74, 6) is 0.777. The Kier molecular flexibility index (Phi) is 4.48. The molecule has 0 unspecified atom stereocenters. The monoisotopic (exact) mass is 338 g/mol. The number of carbonyl (C=O) groups is 1. The van der Waals surface area contributed by atoms with E-state index in [0.29, 0.717) is 0 Å². The first-order valence-corrected chi connectivity index (χ1v) is 9.69. The van der Waals surface area contributed by atoms with Crippen LogP contribution in [0.2, 0.25) is 0 Å². The van der Waals surface area contributed by atoms with E-state index in [9.17, 15) is 4.79 Å². The number of carbonyl (C=O) groups excluding carboxylic acids is 1. The van der Waals surface area contributed by atoms with E-state index in [4.69, 9.17) is 0 Å². The predicted octanol–water partition coefficient (Wildman–Crippen LogP) is 4.63. The summed E-state index contributed by atoms with van der Waals surface area (Å²) in [7, 11) is 0. The van der Waals surface area contributed by atoms with Crippen LogP contribution < -0.4 is 10.0 Å². The van der Waals surface area contributed by atoms with Crippen LogP contribution in [0.3, 0.4) is 0 Å². The maximum Gasteiger partial charge on any atom is 0.329 e. The molecule has 2 aromatic carbocycles. The summed E-state index contributed by atoms with van der Waals surface area (Å²) in [5, 5.41) is 3.16. The molecule has 4 heteroatoms. The van der Waals surface area contributed by atoms with Gasteiger partial charge in [0.2, 0.25) is 0 Å². The van der Waals surface area contributed by atoms with Crippen LogP contribution in [-0.2, 0) is 31.4 Å². The van der Waals surface area contributed by atoms with Crippen LogP contribution in [-0.4, -0.2) is 6.03 Å². The van der Waals surface area contributed by atoms with Crippen molar-refractivity contribution in [1.82, 2.24) is 4.72 Å². The van der Waals surface area contributed by atoms with Gasteiger partial charge in [0.15, 0.2) is 0 Å². The molecule has 0 saturated heterocycles. The van der Waals surface area contributed by atoms with Crippen molar-refractivity contribution in [3.05, 3.63) is 64.2 Å². The highest BCUT2D eigenvalue weighted by atomic mass is 32.2. The van der Waals surface area contributed by atoms with Crippen LogP contribution in [0.5, 0.6) is 0 Å². The van der Waals surface area contributed by atoms with E-state index < -0.39 is 0 Å². The van der Waals surface area contributed by atoms with Crippen molar-refractivity contribution in [2.75, 3.05) is 5.32 Å². The molecule has 2 aromatic rings. The standard InChI is InChI=1S/C20H22N2OS/c23-20(22-24-13-14-6-2-1-3-7-14)21-19-17-10-4-8-15(17)12-16-9-5-11-18(16)19/h1-3,6-7,12H,4-5,8-11,13H2,(H2,21,22,23). The van der Waals surface area contributed by atoms with E-state index in [2.05, 4.69) is 28.2 Å². The summed E-state index contributed by atoms with van der Waals surface area (Å²) in [6.07, 6.45) is 6.91. The molecule has 4 rings (SSSR count). The number of amides is 2. The van der Waals surface area contributed by atoms with E-state index in [0.717, 1.165) is 37.1 Å². The van der Waals surface area contributed by atoms with Crippen LogP contribution in [0.25, 0.3) is 0 Å². The van der Waals surface area contributed by atoms with E-state index in [1.807, 2.05) is 18.2 Å².